The second kappa shape index (κ2) is 6.06. The van der Waals surface area contributed by atoms with Gasteiger partial charge in [0.25, 0.3) is 0 Å². The first-order valence-electron chi connectivity index (χ1n) is 6.79. The number of piperidine rings is 1. The fourth-order valence-corrected chi connectivity index (χ4v) is 2.85. The lowest BCUT2D eigenvalue weighted by Gasteiger charge is -2.35. The molecule has 0 radical (unpaired) electrons. The van der Waals surface area contributed by atoms with Crippen LogP contribution in [0.3, 0.4) is 0 Å². The van der Waals surface area contributed by atoms with Crippen LogP contribution < -0.4 is 5.32 Å². The fourth-order valence-electron chi connectivity index (χ4n) is 2.59. The van der Waals surface area contributed by atoms with E-state index in [1.165, 1.54) is 0 Å². The Kier molecular flexibility index (Phi) is 4.63. The first-order valence-corrected chi connectivity index (χ1v) is 7.59. The van der Waals surface area contributed by atoms with Crippen LogP contribution in [0.25, 0.3) is 0 Å². The zero-order chi connectivity index (χ0) is 13.9. The molecule has 1 aromatic carbocycles. The lowest BCUT2D eigenvalue weighted by molar-refractivity contribution is -0.665. The van der Waals surface area contributed by atoms with Crippen molar-refractivity contribution < 1.29 is 14.8 Å². The van der Waals surface area contributed by atoms with Gasteiger partial charge in [-0.2, -0.15) is 0 Å². The van der Waals surface area contributed by atoms with Gasteiger partial charge in [-0.3, -0.25) is 0 Å². The van der Waals surface area contributed by atoms with Gasteiger partial charge in [-0.05, 0) is 38.1 Å². The molecule has 1 heterocycles. The molecule has 1 fully saturated rings. The van der Waals surface area contributed by atoms with Crippen LogP contribution in [0.15, 0.2) is 28.7 Å². The molecule has 1 aliphatic heterocycles. The predicted molar refractivity (Wildman–Crippen MR) is 78.0 cm³/mol. The first kappa shape index (κ1) is 14.5. The number of rotatable bonds is 3. The average Bonchev–Trinajstić information content (AvgIpc) is 2.40. The van der Waals surface area contributed by atoms with Crippen LogP contribution in [-0.4, -0.2) is 24.7 Å². The Morgan fingerprint density at radius 1 is 1.26 bits per heavy atom. The van der Waals surface area contributed by atoms with Gasteiger partial charge < -0.3 is 10.1 Å². The molecule has 3 nitrogen and oxygen atoms in total. The van der Waals surface area contributed by atoms with E-state index in [0.717, 1.165) is 30.4 Å². The van der Waals surface area contributed by atoms with E-state index >= 15 is 0 Å². The number of benzene rings is 1. The summed E-state index contributed by atoms with van der Waals surface area (Å²) in [4.78, 5) is 12.2. The smallest absolute Gasteiger partial charge is 0.338 e. The average molecular weight is 327 g/mol. The van der Waals surface area contributed by atoms with Gasteiger partial charge in [-0.15, -0.1) is 0 Å². The first-order chi connectivity index (χ1) is 8.99. The minimum absolute atomic E-state index is 0.230. The van der Waals surface area contributed by atoms with Gasteiger partial charge in [-0.25, -0.2) is 4.79 Å². The number of ether oxygens (including phenoxy) is 1. The molecular weight excluding hydrogens is 306 g/mol. The standard InChI is InChI=1S/C15H20BrNO2/c1-15(2,12-7-9-17-10-8-12)19-14(18)11-3-5-13(16)6-4-11/h3-6,12,17H,7-10H2,1-2H3/p+1. The van der Waals surface area contributed by atoms with E-state index in [4.69, 9.17) is 4.74 Å². The third kappa shape index (κ3) is 3.80. The summed E-state index contributed by atoms with van der Waals surface area (Å²) in [6.45, 7) is 6.31. The van der Waals surface area contributed by atoms with Crippen LogP contribution in [0.1, 0.15) is 37.0 Å². The van der Waals surface area contributed by atoms with E-state index in [0.29, 0.717) is 11.5 Å². The number of carbonyl (C=O) groups is 1. The molecule has 0 bridgehead atoms. The number of carbonyl (C=O) groups excluding carboxylic acids is 1. The number of quaternary nitrogens is 1. The third-order valence-corrected chi connectivity index (χ3v) is 4.39. The molecule has 19 heavy (non-hydrogen) atoms. The lowest BCUT2D eigenvalue weighted by atomic mass is 9.83. The Balaban J connectivity index is 2.02. The van der Waals surface area contributed by atoms with Crippen LogP contribution in [-0.2, 0) is 4.74 Å². The molecule has 1 aliphatic rings. The molecule has 0 aliphatic carbocycles. The number of hydrogen-bond donors (Lipinski definition) is 1. The van der Waals surface area contributed by atoms with Crippen molar-refractivity contribution in [1.82, 2.24) is 0 Å². The summed E-state index contributed by atoms with van der Waals surface area (Å²) in [5.41, 5.74) is 0.219. The van der Waals surface area contributed by atoms with Crippen molar-refractivity contribution in [3.63, 3.8) is 0 Å². The van der Waals surface area contributed by atoms with Gasteiger partial charge >= 0.3 is 5.97 Å². The molecule has 1 aromatic rings. The van der Waals surface area contributed by atoms with E-state index in [9.17, 15) is 4.79 Å². The van der Waals surface area contributed by atoms with Gasteiger partial charge in [-0.1, -0.05) is 15.9 Å². The summed E-state index contributed by atoms with van der Waals surface area (Å²) >= 11 is 3.36. The summed E-state index contributed by atoms with van der Waals surface area (Å²) in [7, 11) is 0. The highest BCUT2D eigenvalue weighted by Gasteiger charge is 2.35. The SMILES string of the molecule is CC(C)(OC(=O)c1ccc(Br)cc1)C1CC[NH2+]CC1. The summed E-state index contributed by atoms with van der Waals surface area (Å²) in [5.74, 6) is 0.226. The topological polar surface area (TPSA) is 42.9 Å². The molecule has 2 rings (SSSR count). The van der Waals surface area contributed by atoms with Crippen LogP contribution in [0.4, 0.5) is 0 Å². The van der Waals surface area contributed by atoms with Crippen molar-refractivity contribution in [2.75, 3.05) is 13.1 Å². The summed E-state index contributed by atoms with van der Waals surface area (Å²) in [6, 6.07) is 7.30. The van der Waals surface area contributed by atoms with Gasteiger partial charge in [0, 0.05) is 23.2 Å². The van der Waals surface area contributed by atoms with Crippen molar-refractivity contribution in [1.29, 1.82) is 0 Å². The highest BCUT2D eigenvalue weighted by atomic mass is 79.9. The normalized spacial score (nSPS) is 17.2. The Bertz CT molecular complexity index is 436. The van der Waals surface area contributed by atoms with Gasteiger partial charge in [0.1, 0.15) is 5.60 Å². The van der Waals surface area contributed by atoms with Gasteiger partial charge in [0.05, 0.1) is 18.7 Å². The predicted octanol–water partition coefficient (Wildman–Crippen LogP) is 2.36. The molecule has 0 amide bonds. The number of hydrogen-bond acceptors (Lipinski definition) is 2. The van der Waals surface area contributed by atoms with E-state index in [-0.39, 0.29) is 5.97 Å². The monoisotopic (exact) mass is 326 g/mol. The molecular formula is C15H21BrNO2+. The van der Waals surface area contributed by atoms with Crippen LogP contribution in [0, 0.1) is 5.92 Å². The van der Waals surface area contributed by atoms with E-state index in [2.05, 4.69) is 21.2 Å². The molecule has 2 N–H and O–H groups in total. The Morgan fingerprint density at radius 2 is 1.84 bits per heavy atom. The maximum absolute atomic E-state index is 12.2. The third-order valence-electron chi connectivity index (χ3n) is 3.86. The van der Waals surface area contributed by atoms with Crippen molar-refractivity contribution in [3.8, 4) is 0 Å². The second-order valence-corrected chi connectivity index (χ2v) is 6.56. The Labute approximate surface area is 122 Å². The molecule has 1 saturated heterocycles. The molecule has 0 saturated carbocycles. The van der Waals surface area contributed by atoms with E-state index in [1.54, 1.807) is 12.1 Å². The number of esters is 1. The van der Waals surface area contributed by atoms with Crippen molar-refractivity contribution >= 4 is 21.9 Å². The Hall–Kier alpha value is -0.870. The minimum atomic E-state index is -0.390. The fraction of sp³-hybridized carbons (Fsp3) is 0.533. The summed E-state index contributed by atoms with van der Waals surface area (Å²) in [6.07, 6.45) is 2.22. The van der Waals surface area contributed by atoms with Crippen LogP contribution >= 0.6 is 15.9 Å². The molecule has 4 heteroatoms. The number of halogens is 1. The van der Waals surface area contributed by atoms with Gasteiger partial charge in [0.15, 0.2) is 0 Å². The van der Waals surface area contributed by atoms with Crippen molar-refractivity contribution in [2.24, 2.45) is 5.92 Å². The molecule has 0 atom stereocenters. The van der Waals surface area contributed by atoms with E-state index in [1.807, 2.05) is 26.0 Å². The lowest BCUT2D eigenvalue weighted by Crippen LogP contribution is -2.86. The summed E-state index contributed by atoms with van der Waals surface area (Å²) < 4.78 is 6.70. The second-order valence-electron chi connectivity index (χ2n) is 5.64. The summed E-state index contributed by atoms with van der Waals surface area (Å²) in [5, 5.41) is 2.32. The maximum Gasteiger partial charge on any atom is 0.338 e. The highest BCUT2D eigenvalue weighted by molar-refractivity contribution is 9.10. The minimum Gasteiger partial charge on any atom is -0.456 e. The van der Waals surface area contributed by atoms with E-state index < -0.39 is 5.60 Å². The molecule has 0 unspecified atom stereocenters. The highest BCUT2D eigenvalue weighted by Crippen LogP contribution is 2.28. The van der Waals surface area contributed by atoms with Crippen LogP contribution in [0.5, 0.6) is 0 Å². The quantitative estimate of drug-likeness (QED) is 0.866. The largest absolute Gasteiger partial charge is 0.456 e. The zero-order valence-corrected chi connectivity index (χ0v) is 13.1. The van der Waals surface area contributed by atoms with Crippen molar-refractivity contribution in [3.05, 3.63) is 34.3 Å². The van der Waals surface area contributed by atoms with Crippen LogP contribution in [0.2, 0.25) is 0 Å². The zero-order valence-electron chi connectivity index (χ0n) is 11.5. The maximum atomic E-state index is 12.2. The molecule has 0 aromatic heterocycles. The molecule has 0 spiro atoms. The number of nitrogens with two attached hydrogens (primary N) is 1. The van der Waals surface area contributed by atoms with Crippen molar-refractivity contribution in [2.45, 2.75) is 32.3 Å². The van der Waals surface area contributed by atoms with Gasteiger partial charge in [0.2, 0.25) is 0 Å². The molecule has 104 valence electrons. The Morgan fingerprint density at radius 3 is 2.42 bits per heavy atom.